The fourth-order valence-electron chi connectivity index (χ4n) is 6.01. The van der Waals surface area contributed by atoms with Crippen LogP contribution in [0.4, 0.5) is 22.0 Å². The number of carboxylic acids is 2. The molecule has 0 radical (unpaired) electrons. The van der Waals surface area contributed by atoms with E-state index in [9.17, 15) is 60.6 Å². The Morgan fingerprint density at radius 1 is 0.617 bits per heavy atom. The Morgan fingerprint density at radius 3 is 1.68 bits per heavy atom. The lowest BCUT2D eigenvalue weighted by Crippen LogP contribution is -2.47. The lowest BCUT2D eigenvalue weighted by molar-refractivity contribution is -0.147. The Hall–Kier alpha value is -6.73. The Morgan fingerprint density at radius 2 is 1.15 bits per heavy atom. The summed E-state index contributed by atoms with van der Waals surface area (Å²) in [5.41, 5.74) is 10.4. The summed E-state index contributed by atoms with van der Waals surface area (Å²) < 4.78 is 70.4. The van der Waals surface area contributed by atoms with E-state index < -0.39 is 132 Å². The molecule has 0 spiro atoms. The van der Waals surface area contributed by atoms with Crippen LogP contribution in [0.15, 0.2) is 65.7 Å². The van der Waals surface area contributed by atoms with Crippen molar-refractivity contribution in [1.82, 2.24) is 16.0 Å². The highest BCUT2D eigenvalue weighted by Gasteiger charge is 2.33. The van der Waals surface area contributed by atoms with Crippen LogP contribution in [0.3, 0.4) is 0 Å². The maximum Gasteiger partial charge on any atom is 0.326 e. The van der Waals surface area contributed by atoms with Crippen LogP contribution in [0.25, 0.3) is 0 Å². The number of ketones is 2. The maximum absolute atomic E-state index is 14.5. The standard InChI is InChI=1S/C40H43F5N6O9/c41-33-24(34(42)36(44)37(45)35(33)43)19-31(55)49-26(17-22-10-5-2-6-11-22)29(53)18-23(16-21-8-3-1-4-9-21)38(58)51-25(12-7-15-48-40(46)47)28(52)13-14-30(54)50-27(39(59)60)20-32(56)57/h1-6,8-11,23,25-27H,7,12-20H2,(H,49,55)(H,50,54)(H,51,58)(H,56,57)(H,59,60)(H4,46,47,48). The number of carbonyl (C=O) groups excluding carboxylic acids is 5. The van der Waals surface area contributed by atoms with Gasteiger partial charge in [0, 0.05) is 37.3 Å². The fraction of sp³-hybridized carbons (Fsp3) is 0.350. The average molecular weight is 847 g/mol. The van der Waals surface area contributed by atoms with Gasteiger partial charge in [-0.05, 0) is 36.8 Å². The highest BCUT2D eigenvalue weighted by Crippen LogP contribution is 2.24. The van der Waals surface area contributed by atoms with E-state index in [1.165, 1.54) is 0 Å². The first-order valence-corrected chi connectivity index (χ1v) is 18.4. The summed E-state index contributed by atoms with van der Waals surface area (Å²) in [7, 11) is 0. The second-order valence-corrected chi connectivity index (χ2v) is 13.6. The summed E-state index contributed by atoms with van der Waals surface area (Å²) in [5.74, 6) is -20.5. The topological polar surface area (TPSA) is 260 Å². The quantitative estimate of drug-likeness (QED) is 0.0172. The third-order valence-corrected chi connectivity index (χ3v) is 9.05. The first-order chi connectivity index (χ1) is 28.4. The normalized spacial score (nSPS) is 12.9. The molecule has 0 saturated heterocycles. The van der Waals surface area contributed by atoms with E-state index in [0.717, 1.165) is 0 Å². The number of nitrogens with one attached hydrogen (secondary N) is 3. The van der Waals surface area contributed by atoms with Gasteiger partial charge >= 0.3 is 11.9 Å². The van der Waals surface area contributed by atoms with Gasteiger partial charge in [-0.3, -0.25) is 33.8 Å². The van der Waals surface area contributed by atoms with Crippen molar-refractivity contribution in [3.8, 4) is 0 Å². The van der Waals surface area contributed by atoms with E-state index in [0.29, 0.717) is 11.1 Å². The van der Waals surface area contributed by atoms with Crippen LogP contribution in [0.5, 0.6) is 0 Å². The minimum atomic E-state index is -2.42. The van der Waals surface area contributed by atoms with Crippen molar-refractivity contribution in [2.45, 2.75) is 75.9 Å². The van der Waals surface area contributed by atoms with Crippen molar-refractivity contribution in [2.75, 3.05) is 6.54 Å². The van der Waals surface area contributed by atoms with Gasteiger partial charge < -0.3 is 37.6 Å². The lowest BCUT2D eigenvalue weighted by Gasteiger charge is -2.24. The first-order valence-electron chi connectivity index (χ1n) is 18.4. The zero-order valence-electron chi connectivity index (χ0n) is 31.9. The molecule has 20 heteroatoms. The minimum absolute atomic E-state index is 0.0236. The molecule has 0 heterocycles. The van der Waals surface area contributed by atoms with E-state index in [-0.39, 0.29) is 38.2 Å². The van der Waals surface area contributed by atoms with Crippen LogP contribution in [-0.4, -0.2) is 82.1 Å². The predicted octanol–water partition coefficient (Wildman–Crippen LogP) is 2.40. The largest absolute Gasteiger partial charge is 0.481 e. The molecule has 322 valence electrons. The maximum atomic E-state index is 14.5. The number of hydrogen-bond acceptors (Lipinski definition) is 8. The van der Waals surface area contributed by atoms with Crippen LogP contribution >= 0.6 is 0 Å². The number of Topliss-reactive ketones (excluding diaryl/α,β-unsaturated/α-hetero) is 2. The minimum Gasteiger partial charge on any atom is -0.481 e. The molecule has 60 heavy (non-hydrogen) atoms. The van der Waals surface area contributed by atoms with Crippen molar-refractivity contribution in [3.05, 3.63) is 106 Å². The second kappa shape index (κ2) is 23.0. The molecular formula is C40H43F5N6O9. The van der Waals surface area contributed by atoms with Crippen molar-refractivity contribution >= 4 is 47.2 Å². The number of rotatable bonds is 24. The van der Waals surface area contributed by atoms with E-state index in [1.807, 2.05) is 5.32 Å². The molecule has 3 amide bonds. The third kappa shape index (κ3) is 14.9. The Bertz CT molecular complexity index is 2040. The Kier molecular flexibility index (Phi) is 18.3. The smallest absolute Gasteiger partial charge is 0.326 e. The summed E-state index contributed by atoms with van der Waals surface area (Å²) >= 11 is 0. The number of guanidine groups is 1. The predicted molar refractivity (Wildman–Crippen MR) is 203 cm³/mol. The highest BCUT2D eigenvalue weighted by molar-refractivity contribution is 5.96. The fourth-order valence-corrected chi connectivity index (χ4v) is 6.01. The second-order valence-electron chi connectivity index (χ2n) is 13.6. The van der Waals surface area contributed by atoms with E-state index in [4.69, 9.17) is 16.6 Å². The van der Waals surface area contributed by atoms with Crippen LogP contribution in [0.2, 0.25) is 0 Å². The number of carboxylic acid groups (broad SMARTS) is 2. The molecular weight excluding hydrogens is 803 g/mol. The van der Waals surface area contributed by atoms with Crippen molar-refractivity contribution < 1.29 is 65.7 Å². The molecule has 0 aliphatic carbocycles. The zero-order valence-corrected chi connectivity index (χ0v) is 31.9. The first kappa shape index (κ1) is 47.6. The van der Waals surface area contributed by atoms with Gasteiger partial charge in [-0.15, -0.1) is 0 Å². The molecule has 0 aromatic heterocycles. The Balaban J connectivity index is 1.89. The number of hydrogen-bond donors (Lipinski definition) is 7. The molecule has 4 atom stereocenters. The van der Waals surface area contributed by atoms with Gasteiger partial charge in [0.25, 0.3) is 0 Å². The summed E-state index contributed by atoms with van der Waals surface area (Å²) in [6.45, 7) is 0.0236. The average Bonchev–Trinajstić information content (AvgIpc) is 3.20. The number of amides is 3. The van der Waals surface area contributed by atoms with E-state index in [2.05, 4.69) is 15.6 Å². The molecule has 0 fully saturated rings. The van der Waals surface area contributed by atoms with E-state index in [1.54, 1.807) is 60.7 Å². The van der Waals surface area contributed by atoms with Gasteiger partial charge in [0.1, 0.15) is 6.04 Å². The monoisotopic (exact) mass is 846 g/mol. The van der Waals surface area contributed by atoms with Gasteiger partial charge in [-0.1, -0.05) is 60.7 Å². The number of halogens is 5. The molecule has 3 rings (SSSR count). The van der Waals surface area contributed by atoms with Crippen LogP contribution < -0.4 is 27.4 Å². The number of aliphatic carboxylic acids is 2. The molecule has 15 nitrogen and oxygen atoms in total. The summed E-state index contributed by atoms with van der Waals surface area (Å²) in [6.07, 6.45) is -4.23. The number of nitrogens with two attached hydrogens (primary N) is 2. The number of carbonyl (C=O) groups is 7. The molecule has 0 aliphatic heterocycles. The van der Waals surface area contributed by atoms with E-state index >= 15 is 0 Å². The SMILES string of the molecule is NC(N)=NCCCC(NC(=O)C(CC(=O)C(Cc1ccccc1)NC(=O)Cc1c(F)c(F)c(F)c(F)c1F)Cc1ccccc1)C(=O)CCC(=O)NC(CC(=O)O)C(=O)O. The molecule has 0 aliphatic rings. The van der Waals surface area contributed by atoms with Gasteiger partial charge in [0.2, 0.25) is 23.5 Å². The Labute approximate surface area is 339 Å². The molecule has 0 bridgehead atoms. The lowest BCUT2D eigenvalue weighted by atomic mass is 9.89. The molecule has 9 N–H and O–H groups in total. The summed E-state index contributed by atoms with van der Waals surface area (Å²) in [5, 5.41) is 25.1. The van der Waals surface area contributed by atoms with Crippen LogP contribution in [-0.2, 0) is 52.8 Å². The molecule has 3 aromatic carbocycles. The van der Waals surface area contributed by atoms with Gasteiger partial charge in [0.15, 0.2) is 40.8 Å². The third-order valence-electron chi connectivity index (χ3n) is 9.05. The van der Waals surface area contributed by atoms with Crippen molar-refractivity contribution in [1.29, 1.82) is 0 Å². The highest BCUT2D eigenvalue weighted by atomic mass is 19.2. The van der Waals surface area contributed by atoms with Gasteiger partial charge in [-0.2, -0.15) is 0 Å². The van der Waals surface area contributed by atoms with Crippen molar-refractivity contribution in [3.63, 3.8) is 0 Å². The number of nitrogens with zero attached hydrogens (tertiary/aromatic N) is 1. The zero-order chi connectivity index (χ0) is 44.5. The molecule has 4 unspecified atom stereocenters. The van der Waals surface area contributed by atoms with Gasteiger partial charge in [-0.25, -0.2) is 26.7 Å². The number of benzene rings is 3. The summed E-state index contributed by atoms with van der Waals surface area (Å²) in [6, 6.07) is 11.9. The summed E-state index contributed by atoms with van der Waals surface area (Å²) in [4.78, 5) is 93.5. The molecule has 3 aromatic rings. The van der Waals surface area contributed by atoms with Crippen LogP contribution in [0, 0.1) is 35.0 Å². The van der Waals surface area contributed by atoms with Gasteiger partial charge in [0.05, 0.1) is 24.9 Å². The molecule has 0 saturated carbocycles. The number of aliphatic imine (C=N–C) groups is 1. The van der Waals surface area contributed by atoms with Crippen LogP contribution in [0.1, 0.15) is 55.2 Å². The van der Waals surface area contributed by atoms with Crippen molar-refractivity contribution in [2.24, 2.45) is 22.4 Å².